The number of carbonyl (C=O) groups excluding carboxylic acids is 1. The molecule has 1 spiro atoms. The lowest BCUT2D eigenvalue weighted by Crippen LogP contribution is -2.47. The largest absolute Gasteiger partial charge is 0.364 e. The van der Waals surface area contributed by atoms with Crippen molar-refractivity contribution in [2.24, 2.45) is 0 Å². The van der Waals surface area contributed by atoms with Crippen LogP contribution >= 0.6 is 0 Å². The van der Waals surface area contributed by atoms with Crippen LogP contribution in [0.2, 0.25) is 0 Å². The van der Waals surface area contributed by atoms with Gasteiger partial charge in [0.05, 0.1) is 13.2 Å². The molecule has 2 aliphatic rings. The number of aryl methyl sites for hydroxylation is 2. The number of hydrogen-bond acceptors (Lipinski definition) is 5. The average Bonchev–Trinajstić information content (AvgIpc) is 3.30. The summed E-state index contributed by atoms with van der Waals surface area (Å²) in [5, 5.41) is 4.13. The van der Waals surface area contributed by atoms with Gasteiger partial charge in [-0.15, -0.1) is 0 Å². The lowest BCUT2D eigenvalue weighted by Gasteiger charge is -2.37. The number of piperidine rings is 1. The van der Waals surface area contributed by atoms with Gasteiger partial charge in [0.2, 0.25) is 5.91 Å². The summed E-state index contributed by atoms with van der Waals surface area (Å²) < 4.78 is 16.6. The number of carbonyl (C=O) groups is 1. The lowest BCUT2D eigenvalue weighted by molar-refractivity contribution is -0.187. The Morgan fingerprint density at radius 1 is 1.23 bits per heavy atom. The monoisotopic (exact) mass is 356 g/mol. The van der Waals surface area contributed by atoms with E-state index in [0.717, 1.165) is 29.7 Å². The van der Waals surface area contributed by atoms with Gasteiger partial charge in [-0.3, -0.25) is 4.79 Å². The second-order valence-corrected chi connectivity index (χ2v) is 7.05. The minimum atomic E-state index is -0.441. The first kappa shape index (κ1) is 17.2. The van der Waals surface area contributed by atoms with Gasteiger partial charge in [0.15, 0.2) is 5.79 Å². The Bertz CT molecular complexity index is 770. The Balaban J connectivity index is 1.35. The van der Waals surface area contributed by atoms with Crippen molar-refractivity contribution in [1.82, 2.24) is 10.1 Å². The van der Waals surface area contributed by atoms with Crippen molar-refractivity contribution in [3.63, 3.8) is 0 Å². The van der Waals surface area contributed by atoms with Crippen LogP contribution in [0.5, 0.6) is 0 Å². The molecule has 0 unspecified atom stereocenters. The molecule has 3 heterocycles. The van der Waals surface area contributed by atoms with Crippen LogP contribution in [-0.4, -0.2) is 48.1 Å². The Hall–Kier alpha value is -2.18. The molecule has 0 radical (unpaired) electrons. The topological polar surface area (TPSA) is 64.8 Å². The minimum absolute atomic E-state index is 0.161. The van der Waals surface area contributed by atoms with Crippen molar-refractivity contribution < 1.29 is 18.8 Å². The quantitative estimate of drug-likeness (QED) is 0.843. The molecule has 6 heteroatoms. The third kappa shape index (κ3) is 3.52. The van der Waals surface area contributed by atoms with Crippen molar-refractivity contribution in [2.45, 2.75) is 38.4 Å². The van der Waals surface area contributed by atoms with Crippen molar-refractivity contribution in [3.8, 4) is 11.3 Å². The Labute approximate surface area is 153 Å². The van der Waals surface area contributed by atoms with Gasteiger partial charge in [0.25, 0.3) is 0 Å². The first-order chi connectivity index (χ1) is 12.7. The normalized spacial score (nSPS) is 19.2. The number of aromatic nitrogens is 1. The van der Waals surface area contributed by atoms with Crippen LogP contribution in [0.4, 0.5) is 0 Å². The molecule has 2 fully saturated rings. The van der Waals surface area contributed by atoms with E-state index in [-0.39, 0.29) is 5.91 Å². The molecule has 2 saturated heterocycles. The highest BCUT2D eigenvalue weighted by molar-refractivity contribution is 5.77. The molecule has 1 aromatic heterocycles. The highest BCUT2D eigenvalue weighted by Gasteiger charge is 2.40. The number of nitrogens with zero attached hydrogens (tertiary/aromatic N) is 2. The van der Waals surface area contributed by atoms with E-state index >= 15 is 0 Å². The lowest BCUT2D eigenvalue weighted by atomic mass is 10.0. The van der Waals surface area contributed by atoms with E-state index in [0.29, 0.717) is 39.1 Å². The van der Waals surface area contributed by atoms with Gasteiger partial charge in [-0.2, -0.15) is 0 Å². The van der Waals surface area contributed by atoms with Crippen LogP contribution in [0.3, 0.4) is 0 Å². The van der Waals surface area contributed by atoms with Crippen LogP contribution < -0.4 is 0 Å². The van der Waals surface area contributed by atoms with Crippen LogP contribution in [0.15, 0.2) is 35.1 Å². The number of rotatable bonds is 4. The predicted molar refractivity (Wildman–Crippen MR) is 95.4 cm³/mol. The zero-order valence-corrected chi connectivity index (χ0v) is 15.1. The third-order valence-electron chi connectivity index (χ3n) is 5.23. The molecule has 0 N–H and O–H groups in total. The number of benzene rings is 1. The molecule has 138 valence electrons. The fourth-order valence-corrected chi connectivity index (χ4v) is 3.75. The molecule has 0 atom stereocenters. The zero-order valence-electron chi connectivity index (χ0n) is 15.1. The molecule has 4 rings (SSSR count). The summed E-state index contributed by atoms with van der Waals surface area (Å²) in [6, 6.07) is 8.15. The maximum atomic E-state index is 12.6. The minimum Gasteiger partial charge on any atom is -0.364 e. The second kappa shape index (κ2) is 7.21. The van der Waals surface area contributed by atoms with Gasteiger partial charge < -0.3 is 18.9 Å². The average molecular weight is 356 g/mol. The summed E-state index contributed by atoms with van der Waals surface area (Å²) in [7, 11) is 0. The number of ether oxygens (including phenoxy) is 2. The van der Waals surface area contributed by atoms with E-state index in [1.807, 2.05) is 30.0 Å². The van der Waals surface area contributed by atoms with E-state index in [2.05, 4.69) is 11.2 Å². The molecule has 1 amide bonds. The molecule has 2 aliphatic heterocycles. The van der Waals surface area contributed by atoms with E-state index in [9.17, 15) is 4.79 Å². The van der Waals surface area contributed by atoms with Crippen LogP contribution in [-0.2, 0) is 20.7 Å². The van der Waals surface area contributed by atoms with E-state index in [1.54, 1.807) is 6.26 Å². The molecular weight excluding hydrogens is 332 g/mol. The summed E-state index contributed by atoms with van der Waals surface area (Å²) in [6.07, 6.45) is 4.23. The molecule has 26 heavy (non-hydrogen) atoms. The van der Waals surface area contributed by atoms with Crippen molar-refractivity contribution in [3.05, 3.63) is 41.7 Å². The fraction of sp³-hybridized carbons (Fsp3) is 0.500. The van der Waals surface area contributed by atoms with E-state index in [4.69, 9.17) is 14.0 Å². The second-order valence-electron chi connectivity index (χ2n) is 7.05. The van der Waals surface area contributed by atoms with Crippen LogP contribution in [0.1, 0.15) is 30.4 Å². The summed E-state index contributed by atoms with van der Waals surface area (Å²) in [5.74, 6) is -0.280. The molecule has 2 aromatic rings. The SMILES string of the molecule is Cc1cccc(-c2nocc2CCC(=O)N2CCC3(CC2)OCCO3)c1. The Morgan fingerprint density at radius 2 is 2.00 bits per heavy atom. The highest BCUT2D eigenvalue weighted by atomic mass is 16.7. The maximum absolute atomic E-state index is 12.6. The smallest absolute Gasteiger partial charge is 0.222 e. The number of hydrogen-bond donors (Lipinski definition) is 0. The predicted octanol–water partition coefficient (Wildman–Crippen LogP) is 2.95. The molecule has 0 saturated carbocycles. The number of likely N-dealkylation sites (tertiary alicyclic amines) is 1. The third-order valence-corrected chi connectivity index (χ3v) is 5.23. The molecule has 6 nitrogen and oxygen atoms in total. The molecule has 0 bridgehead atoms. The highest BCUT2D eigenvalue weighted by Crippen LogP contribution is 2.31. The van der Waals surface area contributed by atoms with E-state index < -0.39 is 5.79 Å². The van der Waals surface area contributed by atoms with Crippen molar-refractivity contribution in [1.29, 1.82) is 0 Å². The standard InChI is InChI=1S/C20H24N2O4/c1-15-3-2-4-16(13-15)19-17(14-26-21-19)5-6-18(23)22-9-7-20(8-10-22)24-11-12-25-20/h2-4,13-14H,5-12H2,1H3. The summed E-state index contributed by atoms with van der Waals surface area (Å²) in [4.78, 5) is 14.5. The summed E-state index contributed by atoms with van der Waals surface area (Å²) in [5.41, 5.74) is 3.99. The zero-order chi connectivity index (χ0) is 18.0. The van der Waals surface area contributed by atoms with Crippen molar-refractivity contribution >= 4 is 5.91 Å². The van der Waals surface area contributed by atoms with Gasteiger partial charge >= 0.3 is 0 Å². The van der Waals surface area contributed by atoms with Crippen LogP contribution in [0.25, 0.3) is 11.3 Å². The Morgan fingerprint density at radius 3 is 2.73 bits per heavy atom. The maximum Gasteiger partial charge on any atom is 0.222 e. The van der Waals surface area contributed by atoms with Gasteiger partial charge in [0, 0.05) is 43.5 Å². The summed E-state index contributed by atoms with van der Waals surface area (Å²) >= 11 is 0. The molecular formula is C20H24N2O4. The fourth-order valence-electron chi connectivity index (χ4n) is 3.75. The first-order valence-electron chi connectivity index (χ1n) is 9.21. The first-order valence-corrected chi connectivity index (χ1v) is 9.21. The van der Waals surface area contributed by atoms with Gasteiger partial charge in [-0.05, 0) is 19.4 Å². The van der Waals surface area contributed by atoms with Crippen LogP contribution in [0, 0.1) is 6.92 Å². The van der Waals surface area contributed by atoms with E-state index in [1.165, 1.54) is 5.56 Å². The van der Waals surface area contributed by atoms with Gasteiger partial charge in [0.1, 0.15) is 12.0 Å². The molecule has 1 aromatic carbocycles. The number of amides is 1. The van der Waals surface area contributed by atoms with Gasteiger partial charge in [-0.25, -0.2) is 0 Å². The van der Waals surface area contributed by atoms with Crippen molar-refractivity contribution in [2.75, 3.05) is 26.3 Å². The van der Waals surface area contributed by atoms with Gasteiger partial charge in [-0.1, -0.05) is 28.9 Å². The molecule has 0 aliphatic carbocycles. The Kier molecular flexibility index (Phi) is 4.78. The summed E-state index contributed by atoms with van der Waals surface area (Å²) in [6.45, 7) is 4.74.